The summed E-state index contributed by atoms with van der Waals surface area (Å²) in [6, 6.07) is 14.1. The first-order chi connectivity index (χ1) is 10.1. The van der Waals surface area contributed by atoms with Gasteiger partial charge in [0.25, 0.3) is 11.8 Å². The summed E-state index contributed by atoms with van der Waals surface area (Å²) >= 11 is 0. The molecule has 0 aliphatic carbocycles. The zero-order valence-electron chi connectivity index (χ0n) is 11.1. The number of imide groups is 1. The number of hydrogen-bond acceptors (Lipinski definition) is 4. The van der Waals surface area contributed by atoms with Crippen molar-refractivity contribution in [1.29, 1.82) is 0 Å². The van der Waals surface area contributed by atoms with Gasteiger partial charge in [0.2, 0.25) is 0 Å². The number of nitrogen functional groups attached to an aromatic ring is 1. The van der Waals surface area contributed by atoms with Gasteiger partial charge in [-0.15, -0.1) is 0 Å². The van der Waals surface area contributed by atoms with Crippen LogP contribution in [0.1, 0.15) is 15.9 Å². The average Bonchev–Trinajstić information content (AvgIpc) is 2.49. The van der Waals surface area contributed by atoms with Crippen molar-refractivity contribution >= 4 is 28.8 Å². The standard InChI is InChI=1S/C16H13N3O2/c17-10-5-7-11(8-6-10)18-9-14-12-3-1-2-4-13(12)15(20)19-16(14)21/h1-9,18H,17H2,(H,19,20,21). The maximum Gasteiger partial charge on any atom is 0.260 e. The van der Waals surface area contributed by atoms with E-state index in [2.05, 4.69) is 10.6 Å². The first-order valence-corrected chi connectivity index (χ1v) is 6.42. The Morgan fingerprint density at radius 3 is 2.29 bits per heavy atom. The highest BCUT2D eigenvalue weighted by molar-refractivity contribution is 6.31. The van der Waals surface area contributed by atoms with Crippen molar-refractivity contribution in [3.63, 3.8) is 0 Å². The fourth-order valence-electron chi connectivity index (χ4n) is 2.15. The van der Waals surface area contributed by atoms with Gasteiger partial charge in [-0.2, -0.15) is 0 Å². The van der Waals surface area contributed by atoms with E-state index >= 15 is 0 Å². The first kappa shape index (κ1) is 12.9. The van der Waals surface area contributed by atoms with E-state index in [4.69, 9.17) is 5.73 Å². The van der Waals surface area contributed by atoms with Gasteiger partial charge in [0, 0.05) is 28.7 Å². The summed E-state index contributed by atoms with van der Waals surface area (Å²) in [6.07, 6.45) is 1.59. The highest BCUT2D eigenvalue weighted by Gasteiger charge is 2.26. The second-order valence-electron chi connectivity index (χ2n) is 4.65. The number of fused-ring (bicyclic) bond motifs is 1. The second kappa shape index (κ2) is 5.13. The molecule has 2 aromatic rings. The molecule has 0 radical (unpaired) electrons. The lowest BCUT2D eigenvalue weighted by atomic mass is 9.96. The Hall–Kier alpha value is -3.08. The predicted octanol–water partition coefficient (Wildman–Crippen LogP) is 1.99. The Morgan fingerprint density at radius 2 is 1.57 bits per heavy atom. The van der Waals surface area contributed by atoms with E-state index in [9.17, 15) is 9.59 Å². The molecule has 1 heterocycles. The fraction of sp³-hybridized carbons (Fsp3) is 0. The Kier molecular flexibility index (Phi) is 3.16. The fourth-order valence-corrected chi connectivity index (χ4v) is 2.15. The van der Waals surface area contributed by atoms with Crippen molar-refractivity contribution in [2.24, 2.45) is 0 Å². The number of anilines is 2. The van der Waals surface area contributed by atoms with E-state index in [-0.39, 0.29) is 5.91 Å². The van der Waals surface area contributed by atoms with Crippen LogP contribution in [0.3, 0.4) is 0 Å². The van der Waals surface area contributed by atoms with Gasteiger partial charge in [-0.05, 0) is 30.3 Å². The molecule has 3 rings (SSSR count). The summed E-state index contributed by atoms with van der Waals surface area (Å²) in [6.45, 7) is 0. The zero-order chi connectivity index (χ0) is 14.8. The summed E-state index contributed by atoms with van der Waals surface area (Å²) < 4.78 is 0. The van der Waals surface area contributed by atoms with E-state index in [1.807, 2.05) is 12.1 Å². The molecule has 2 aromatic carbocycles. The van der Waals surface area contributed by atoms with Crippen LogP contribution in [-0.2, 0) is 4.79 Å². The molecule has 0 bridgehead atoms. The molecule has 5 heteroatoms. The number of nitrogens with two attached hydrogens (primary N) is 1. The molecule has 1 aliphatic rings. The highest BCUT2D eigenvalue weighted by Crippen LogP contribution is 2.24. The predicted molar refractivity (Wildman–Crippen MR) is 81.4 cm³/mol. The maximum atomic E-state index is 12.0. The van der Waals surface area contributed by atoms with Crippen molar-refractivity contribution in [3.05, 3.63) is 65.9 Å². The molecule has 5 nitrogen and oxygen atoms in total. The van der Waals surface area contributed by atoms with E-state index in [1.54, 1.807) is 42.6 Å². The number of rotatable bonds is 2. The highest BCUT2D eigenvalue weighted by atomic mass is 16.2. The molecule has 0 saturated carbocycles. The third-order valence-corrected chi connectivity index (χ3v) is 3.23. The molecule has 2 amide bonds. The lowest BCUT2D eigenvalue weighted by Crippen LogP contribution is -2.36. The smallest absolute Gasteiger partial charge is 0.260 e. The minimum atomic E-state index is -0.415. The van der Waals surface area contributed by atoms with Crippen molar-refractivity contribution < 1.29 is 9.59 Å². The van der Waals surface area contributed by atoms with E-state index in [0.29, 0.717) is 22.4 Å². The summed E-state index contributed by atoms with van der Waals surface area (Å²) in [7, 11) is 0. The second-order valence-corrected chi connectivity index (χ2v) is 4.65. The summed E-state index contributed by atoms with van der Waals surface area (Å²) in [5.74, 6) is -0.790. The summed E-state index contributed by atoms with van der Waals surface area (Å²) in [4.78, 5) is 23.7. The average molecular weight is 279 g/mol. The van der Waals surface area contributed by atoms with Crippen molar-refractivity contribution in [2.45, 2.75) is 0 Å². The number of hydrogen-bond donors (Lipinski definition) is 3. The normalized spacial score (nSPS) is 15.5. The molecular weight excluding hydrogens is 266 g/mol. The van der Waals surface area contributed by atoms with Gasteiger partial charge in [-0.25, -0.2) is 0 Å². The van der Waals surface area contributed by atoms with Crippen LogP contribution in [0, 0.1) is 0 Å². The van der Waals surface area contributed by atoms with Crippen LogP contribution in [0.25, 0.3) is 5.57 Å². The molecule has 1 aliphatic heterocycles. The number of carbonyl (C=O) groups is 2. The van der Waals surface area contributed by atoms with E-state index < -0.39 is 5.91 Å². The Morgan fingerprint density at radius 1 is 0.905 bits per heavy atom. The maximum absolute atomic E-state index is 12.0. The van der Waals surface area contributed by atoms with Crippen LogP contribution in [-0.4, -0.2) is 11.8 Å². The van der Waals surface area contributed by atoms with Crippen LogP contribution in [0.2, 0.25) is 0 Å². The molecule has 0 fully saturated rings. The number of benzene rings is 2. The molecule has 4 N–H and O–H groups in total. The molecule has 0 spiro atoms. The lowest BCUT2D eigenvalue weighted by molar-refractivity contribution is -0.114. The SMILES string of the molecule is Nc1ccc(NC=C2C(=O)NC(=O)c3ccccc32)cc1. The topological polar surface area (TPSA) is 84.2 Å². The van der Waals surface area contributed by atoms with Crippen molar-refractivity contribution in [3.8, 4) is 0 Å². The Bertz CT molecular complexity index is 748. The Labute approximate surface area is 121 Å². The summed E-state index contributed by atoms with van der Waals surface area (Å²) in [5, 5.41) is 5.36. The van der Waals surface area contributed by atoms with Gasteiger partial charge in [0.05, 0.1) is 5.57 Å². The molecule has 21 heavy (non-hydrogen) atoms. The van der Waals surface area contributed by atoms with Gasteiger partial charge >= 0.3 is 0 Å². The van der Waals surface area contributed by atoms with Crippen LogP contribution >= 0.6 is 0 Å². The zero-order valence-corrected chi connectivity index (χ0v) is 11.1. The number of nitrogens with one attached hydrogen (secondary N) is 2. The van der Waals surface area contributed by atoms with Gasteiger partial charge in [-0.1, -0.05) is 18.2 Å². The molecular formula is C16H13N3O2. The molecule has 0 unspecified atom stereocenters. The van der Waals surface area contributed by atoms with Crippen LogP contribution in [0.15, 0.2) is 54.7 Å². The van der Waals surface area contributed by atoms with Crippen LogP contribution in [0.4, 0.5) is 11.4 Å². The van der Waals surface area contributed by atoms with Gasteiger partial charge < -0.3 is 11.1 Å². The quantitative estimate of drug-likeness (QED) is 0.446. The third kappa shape index (κ3) is 2.49. The third-order valence-electron chi connectivity index (χ3n) is 3.23. The molecule has 0 saturated heterocycles. The Balaban J connectivity index is 1.95. The lowest BCUT2D eigenvalue weighted by Gasteiger charge is -2.18. The molecule has 0 atom stereocenters. The minimum absolute atomic E-state index is 0.375. The number of amides is 2. The van der Waals surface area contributed by atoms with Gasteiger partial charge in [0.15, 0.2) is 0 Å². The number of carbonyl (C=O) groups excluding carboxylic acids is 2. The largest absolute Gasteiger partial charge is 0.399 e. The van der Waals surface area contributed by atoms with Gasteiger partial charge in [0.1, 0.15) is 0 Å². The molecule has 0 aromatic heterocycles. The summed E-state index contributed by atoms with van der Waals surface area (Å²) in [5.41, 5.74) is 8.62. The molecule has 104 valence electrons. The van der Waals surface area contributed by atoms with Crippen LogP contribution in [0.5, 0.6) is 0 Å². The first-order valence-electron chi connectivity index (χ1n) is 6.42. The minimum Gasteiger partial charge on any atom is -0.399 e. The van der Waals surface area contributed by atoms with Gasteiger partial charge in [-0.3, -0.25) is 14.9 Å². The van der Waals surface area contributed by atoms with Crippen LogP contribution < -0.4 is 16.4 Å². The van der Waals surface area contributed by atoms with Crippen molar-refractivity contribution in [1.82, 2.24) is 5.32 Å². The van der Waals surface area contributed by atoms with E-state index in [1.165, 1.54) is 0 Å². The van der Waals surface area contributed by atoms with E-state index in [0.717, 1.165) is 5.69 Å². The van der Waals surface area contributed by atoms with Crippen molar-refractivity contribution in [2.75, 3.05) is 11.1 Å². The monoisotopic (exact) mass is 279 g/mol.